The monoisotopic (exact) mass is 346 g/mol. The van der Waals surface area contributed by atoms with Crippen LogP contribution in [0.4, 0.5) is 0 Å². The van der Waals surface area contributed by atoms with Gasteiger partial charge in [0, 0.05) is 25.6 Å². The topological polar surface area (TPSA) is 61.5 Å². The fourth-order valence-electron chi connectivity index (χ4n) is 4.36. The van der Waals surface area contributed by atoms with Gasteiger partial charge in [-0.05, 0) is 58.5 Å². The summed E-state index contributed by atoms with van der Waals surface area (Å²) in [7, 11) is 0. The maximum absolute atomic E-state index is 13.0. The van der Waals surface area contributed by atoms with Gasteiger partial charge in [-0.1, -0.05) is 0 Å². The Balaban J connectivity index is 1.41. The Morgan fingerprint density at radius 3 is 2.52 bits per heavy atom. The van der Waals surface area contributed by atoms with Crippen LogP contribution < -0.4 is 0 Å². The van der Waals surface area contributed by atoms with E-state index in [4.69, 9.17) is 4.74 Å². The number of nitrogens with zero attached hydrogens (tertiary/aromatic N) is 3. The van der Waals surface area contributed by atoms with E-state index >= 15 is 0 Å². The lowest BCUT2D eigenvalue weighted by molar-refractivity contribution is -0.0586. The zero-order valence-electron chi connectivity index (χ0n) is 15.4. The first kappa shape index (κ1) is 17.0. The van der Waals surface area contributed by atoms with Crippen LogP contribution in [-0.2, 0) is 4.74 Å². The average molecular weight is 346 g/mol. The molecule has 0 aromatic carbocycles. The minimum atomic E-state index is 0.0914. The van der Waals surface area contributed by atoms with Crippen LogP contribution in [0.2, 0.25) is 0 Å². The number of morpholine rings is 1. The first-order valence-electron chi connectivity index (χ1n) is 9.80. The molecule has 1 aromatic rings. The van der Waals surface area contributed by atoms with Gasteiger partial charge in [0.15, 0.2) is 0 Å². The number of ether oxygens (including phenoxy) is 1. The van der Waals surface area contributed by atoms with E-state index in [2.05, 4.69) is 15.1 Å². The Bertz CT molecular complexity index is 594. The molecule has 1 aliphatic carbocycles. The molecule has 2 atom stereocenters. The summed E-state index contributed by atoms with van der Waals surface area (Å²) in [6.45, 7) is 8.93. The lowest BCUT2D eigenvalue weighted by Crippen LogP contribution is -2.48. The fraction of sp³-hybridized carbons (Fsp3) is 0.789. The minimum absolute atomic E-state index is 0.0914. The van der Waals surface area contributed by atoms with Gasteiger partial charge in [-0.15, -0.1) is 0 Å². The molecule has 1 N–H and O–H groups in total. The molecule has 3 fully saturated rings. The van der Waals surface area contributed by atoms with Gasteiger partial charge in [0.25, 0.3) is 5.91 Å². The number of H-pyrrole nitrogens is 1. The van der Waals surface area contributed by atoms with Crippen molar-refractivity contribution >= 4 is 5.91 Å². The average Bonchev–Trinajstić information content (AvgIpc) is 3.26. The van der Waals surface area contributed by atoms with E-state index in [1.807, 2.05) is 18.7 Å². The van der Waals surface area contributed by atoms with Crippen LogP contribution in [-0.4, -0.2) is 70.8 Å². The van der Waals surface area contributed by atoms with Crippen molar-refractivity contribution in [3.63, 3.8) is 0 Å². The Morgan fingerprint density at radius 2 is 1.88 bits per heavy atom. The number of likely N-dealkylation sites (tertiary alicyclic amines) is 1. The molecule has 1 aromatic heterocycles. The Hall–Kier alpha value is -1.40. The smallest absolute Gasteiger partial charge is 0.257 e. The molecule has 0 bridgehead atoms. The number of nitrogens with one attached hydrogen (secondary N) is 1. The molecule has 6 nitrogen and oxygen atoms in total. The number of carbonyl (C=O) groups is 1. The van der Waals surface area contributed by atoms with Gasteiger partial charge in [-0.25, -0.2) is 0 Å². The van der Waals surface area contributed by atoms with Crippen molar-refractivity contribution in [2.45, 2.75) is 57.7 Å². The number of carbonyl (C=O) groups excluding carboxylic acids is 1. The molecule has 0 radical (unpaired) electrons. The van der Waals surface area contributed by atoms with Crippen molar-refractivity contribution in [3.8, 4) is 0 Å². The molecule has 6 heteroatoms. The van der Waals surface area contributed by atoms with Gasteiger partial charge in [0.2, 0.25) is 0 Å². The number of piperidine rings is 1. The van der Waals surface area contributed by atoms with Crippen molar-refractivity contribution in [3.05, 3.63) is 17.5 Å². The number of aromatic nitrogens is 2. The highest BCUT2D eigenvalue weighted by molar-refractivity contribution is 5.95. The second-order valence-electron chi connectivity index (χ2n) is 8.18. The summed E-state index contributed by atoms with van der Waals surface area (Å²) in [5.74, 6) is 1.48. The number of amides is 1. The Morgan fingerprint density at radius 1 is 1.20 bits per heavy atom. The number of hydrogen-bond donors (Lipinski definition) is 1. The van der Waals surface area contributed by atoms with Crippen molar-refractivity contribution in [1.82, 2.24) is 20.0 Å². The van der Waals surface area contributed by atoms with Crippen LogP contribution >= 0.6 is 0 Å². The normalized spacial score (nSPS) is 29.1. The van der Waals surface area contributed by atoms with E-state index in [1.54, 1.807) is 6.20 Å². The molecule has 0 unspecified atom stereocenters. The standard InChI is InChI=1S/C19H30N4O2/c1-13-10-23(11-14(2)25-13)19(24)17-9-20-21-18(17)16-5-7-22(8-6-16)12-15-3-4-15/h9,13-16H,3-8,10-12H2,1-2H3,(H,20,21)/t13-,14+. The summed E-state index contributed by atoms with van der Waals surface area (Å²) in [6.07, 6.45) is 6.96. The zero-order chi connectivity index (χ0) is 17.4. The van der Waals surface area contributed by atoms with Crippen molar-refractivity contribution < 1.29 is 9.53 Å². The van der Waals surface area contributed by atoms with Crippen molar-refractivity contribution in [2.75, 3.05) is 32.7 Å². The van der Waals surface area contributed by atoms with E-state index in [9.17, 15) is 4.79 Å². The fourth-order valence-corrected chi connectivity index (χ4v) is 4.36. The van der Waals surface area contributed by atoms with Gasteiger partial charge >= 0.3 is 0 Å². The highest BCUT2D eigenvalue weighted by Gasteiger charge is 2.32. The predicted molar refractivity (Wildman–Crippen MR) is 95.6 cm³/mol. The first-order chi connectivity index (χ1) is 12.1. The molecule has 25 heavy (non-hydrogen) atoms. The third-order valence-electron chi connectivity index (χ3n) is 5.82. The van der Waals surface area contributed by atoms with Gasteiger partial charge in [0.1, 0.15) is 0 Å². The van der Waals surface area contributed by atoms with Crippen LogP contribution in [0.25, 0.3) is 0 Å². The van der Waals surface area contributed by atoms with Crippen LogP contribution in [0.15, 0.2) is 6.20 Å². The SMILES string of the molecule is C[C@@H]1CN(C(=O)c2cn[nH]c2C2CCN(CC3CC3)CC2)C[C@H](C)O1. The van der Waals surface area contributed by atoms with E-state index < -0.39 is 0 Å². The molecular formula is C19H30N4O2. The van der Waals surface area contributed by atoms with Crippen molar-refractivity contribution in [2.24, 2.45) is 5.92 Å². The lowest BCUT2D eigenvalue weighted by atomic mass is 9.91. The van der Waals surface area contributed by atoms with Gasteiger partial charge in [0.05, 0.1) is 29.7 Å². The summed E-state index contributed by atoms with van der Waals surface area (Å²) >= 11 is 0. The highest BCUT2D eigenvalue weighted by atomic mass is 16.5. The molecule has 0 spiro atoms. The molecule has 2 saturated heterocycles. The number of hydrogen-bond acceptors (Lipinski definition) is 4. The summed E-state index contributed by atoms with van der Waals surface area (Å²) in [5.41, 5.74) is 1.81. The van der Waals surface area contributed by atoms with E-state index in [-0.39, 0.29) is 18.1 Å². The Kier molecular flexibility index (Phi) is 4.82. The summed E-state index contributed by atoms with van der Waals surface area (Å²) in [5, 5.41) is 7.35. The van der Waals surface area contributed by atoms with Crippen molar-refractivity contribution in [1.29, 1.82) is 0 Å². The third kappa shape index (κ3) is 3.90. The van der Waals surface area contributed by atoms with E-state index in [0.717, 1.165) is 43.1 Å². The number of aromatic amines is 1. The second-order valence-corrected chi connectivity index (χ2v) is 8.18. The van der Waals surface area contributed by atoms with E-state index in [0.29, 0.717) is 19.0 Å². The summed E-state index contributed by atoms with van der Waals surface area (Å²) in [6, 6.07) is 0. The van der Waals surface area contributed by atoms with Gasteiger partial charge in [-0.2, -0.15) is 5.10 Å². The number of rotatable bonds is 4. The molecule has 2 aliphatic heterocycles. The molecule has 4 rings (SSSR count). The largest absolute Gasteiger partial charge is 0.372 e. The molecule has 138 valence electrons. The van der Waals surface area contributed by atoms with Gasteiger partial charge in [-0.3, -0.25) is 9.89 Å². The third-order valence-corrected chi connectivity index (χ3v) is 5.82. The minimum Gasteiger partial charge on any atom is -0.372 e. The Labute approximate surface area is 149 Å². The molecule has 1 amide bonds. The summed E-state index contributed by atoms with van der Waals surface area (Å²) in [4.78, 5) is 17.6. The second kappa shape index (κ2) is 7.08. The van der Waals surface area contributed by atoms with E-state index in [1.165, 1.54) is 19.4 Å². The molecule has 3 heterocycles. The predicted octanol–water partition coefficient (Wildman–Crippen LogP) is 2.25. The lowest BCUT2D eigenvalue weighted by Gasteiger charge is -2.36. The maximum atomic E-state index is 13.0. The maximum Gasteiger partial charge on any atom is 0.257 e. The quantitative estimate of drug-likeness (QED) is 0.908. The highest BCUT2D eigenvalue weighted by Crippen LogP contribution is 2.34. The van der Waals surface area contributed by atoms with Crippen LogP contribution in [0.1, 0.15) is 61.5 Å². The van der Waals surface area contributed by atoms with Crippen LogP contribution in [0.3, 0.4) is 0 Å². The van der Waals surface area contributed by atoms with Crippen LogP contribution in [0.5, 0.6) is 0 Å². The van der Waals surface area contributed by atoms with Gasteiger partial charge < -0.3 is 14.5 Å². The van der Waals surface area contributed by atoms with Crippen LogP contribution in [0, 0.1) is 5.92 Å². The molecular weight excluding hydrogens is 316 g/mol. The summed E-state index contributed by atoms with van der Waals surface area (Å²) < 4.78 is 5.76. The first-order valence-corrected chi connectivity index (χ1v) is 9.80. The zero-order valence-corrected chi connectivity index (χ0v) is 15.4. The molecule has 1 saturated carbocycles. The molecule has 3 aliphatic rings.